The van der Waals surface area contributed by atoms with Gasteiger partial charge in [0, 0.05) is 6.04 Å². The molecule has 1 aliphatic heterocycles. The Kier molecular flexibility index (Phi) is 3.41. The predicted octanol–water partition coefficient (Wildman–Crippen LogP) is 2.21. The Hall–Kier alpha value is -1.02. The fraction of sp³-hybridized carbons (Fsp3) is 0.500. The summed E-state index contributed by atoms with van der Waals surface area (Å²) in [5.74, 6) is 0.972. The van der Waals surface area contributed by atoms with E-state index < -0.39 is 0 Å². The molecule has 1 heterocycles. The molecule has 0 radical (unpaired) electrons. The van der Waals surface area contributed by atoms with Crippen LogP contribution in [-0.2, 0) is 0 Å². The van der Waals surface area contributed by atoms with Gasteiger partial charge < -0.3 is 10.1 Å². The van der Waals surface area contributed by atoms with Crippen molar-refractivity contribution in [2.45, 2.75) is 25.3 Å². The summed E-state index contributed by atoms with van der Waals surface area (Å²) < 4.78 is 5.68. The molecule has 1 aliphatic rings. The molecule has 14 heavy (non-hydrogen) atoms. The molecule has 76 valence electrons. The van der Waals surface area contributed by atoms with Crippen LogP contribution in [0, 0.1) is 0 Å². The molecule has 1 N–H and O–H groups in total. The topological polar surface area (TPSA) is 21.3 Å². The maximum Gasteiger partial charge on any atom is 0.119 e. The monoisotopic (exact) mass is 191 g/mol. The van der Waals surface area contributed by atoms with E-state index in [4.69, 9.17) is 4.74 Å². The second-order valence-electron chi connectivity index (χ2n) is 3.77. The molecule has 1 aromatic carbocycles. The van der Waals surface area contributed by atoms with Crippen LogP contribution in [0.1, 0.15) is 19.3 Å². The maximum absolute atomic E-state index is 5.68. The smallest absolute Gasteiger partial charge is 0.119 e. The Morgan fingerprint density at radius 2 is 2.07 bits per heavy atom. The lowest BCUT2D eigenvalue weighted by Gasteiger charge is -2.23. The lowest BCUT2D eigenvalue weighted by atomic mass is 10.1. The molecule has 0 aliphatic carbocycles. The zero-order valence-corrected chi connectivity index (χ0v) is 8.41. The molecule has 1 aromatic rings. The van der Waals surface area contributed by atoms with Crippen LogP contribution >= 0.6 is 0 Å². The maximum atomic E-state index is 5.68. The average Bonchev–Trinajstić information content (AvgIpc) is 2.29. The summed E-state index contributed by atoms with van der Waals surface area (Å²) in [4.78, 5) is 0. The molecular weight excluding hydrogens is 174 g/mol. The van der Waals surface area contributed by atoms with Crippen LogP contribution in [-0.4, -0.2) is 19.2 Å². The van der Waals surface area contributed by atoms with Crippen molar-refractivity contribution in [1.82, 2.24) is 5.32 Å². The molecule has 1 saturated heterocycles. The quantitative estimate of drug-likeness (QED) is 0.791. The van der Waals surface area contributed by atoms with Crippen molar-refractivity contribution < 1.29 is 4.74 Å². The molecular formula is C12H17NO. The van der Waals surface area contributed by atoms with Crippen LogP contribution in [0.5, 0.6) is 5.75 Å². The van der Waals surface area contributed by atoms with E-state index in [0.29, 0.717) is 6.04 Å². The SMILES string of the molecule is c1ccc(OCC2CCCCN2)cc1. The van der Waals surface area contributed by atoms with Crippen molar-refractivity contribution in [1.29, 1.82) is 0 Å². The molecule has 2 nitrogen and oxygen atoms in total. The number of hydrogen-bond donors (Lipinski definition) is 1. The summed E-state index contributed by atoms with van der Waals surface area (Å²) in [6.07, 6.45) is 3.88. The molecule has 0 saturated carbocycles. The first-order chi connectivity index (χ1) is 6.95. The van der Waals surface area contributed by atoms with Gasteiger partial charge in [0.2, 0.25) is 0 Å². The highest BCUT2D eigenvalue weighted by Gasteiger charge is 2.12. The van der Waals surface area contributed by atoms with E-state index in [1.54, 1.807) is 0 Å². The molecule has 0 amide bonds. The standard InChI is InChI=1S/C12H17NO/c1-2-7-12(8-3-1)14-10-11-6-4-5-9-13-11/h1-3,7-8,11,13H,4-6,9-10H2. The molecule has 0 bridgehead atoms. The lowest BCUT2D eigenvalue weighted by Crippen LogP contribution is -2.38. The van der Waals surface area contributed by atoms with Gasteiger partial charge in [0.25, 0.3) is 0 Å². The van der Waals surface area contributed by atoms with Crippen molar-refractivity contribution in [2.24, 2.45) is 0 Å². The summed E-state index contributed by atoms with van der Waals surface area (Å²) >= 11 is 0. The molecule has 1 unspecified atom stereocenters. The third-order valence-electron chi connectivity index (χ3n) is 2.61. The van der Waals surface area contributed by atoms with Gasteiger partial charge in [0.1, 0.15) is 12.4 Å². The molecule has 0 spiro atoms. The summed E-state index contributed by atoms with van der Waals surface area (Å²) in [6, 6.07) is 10.6. The first-order valence-electron chi connectivity index (χ1n) is 5.36. The Balaban J connectivity index is 1.76. The van der Waals surface area contributed by atoms with E-state index in [0.717, 1.165) is 18.9 Å². The second kappa shape index (κ2) is 5.01. The number of para-hydroxylation sites is 1. The van der Waals surface area contributed by atoms with Crippen LogP contribution in [0.3, 0.4) is 0 Å². The van der Waals surface area contributed by atoms with E-state index in [1.807, 2.05) is 30.3 Å². The Labute approximate surface area is 85.3 Å². The third-order valence-corrected chi connectivity index (χ3v) is 2.61. The normalized spacial score (nSPS) is 21.9. The molecule has 0 aromatic heterocycles. The fourth-order valence-corrected chi connectivity index (χ4v) is 1.78. The van der Waals surface area contributed by atoms with Crippen molar-refractivity contribution in [3.8, 4) is 5.75 Å². The van der Waals surface area contributed by atoms with Crippen molar-refractivity contribution in [3.63, 3.8) is 0 Å². The number of hydrogen-bond acceptors (Lipinski definition) is 2. The summed E-state index contributed by atoms with van der Waals surface area (Å²) in [5.41, 5.74) is 0. The van der Waals surface area contributed by atoms with Gasteiger partial charge in [-0.1, -0.05) is 24.6 Å². The van der Waals surface area contributed by atoms with Crippen LogP contribution in [0.25, 0.3) is 0 Å². The molecule has 2 rings (SSSR count). The minimum atomic E-state index is 0.545. The van der Waals surface area contributed by atoms with Crippen LogP contribution in [0.2, 0.25) is 0 Å². The van der Waals surface area contributed by atoms with Gasteiger partial charge in [-0.05, 0) is 31.5 Å². The number of rotatable bonds is 3. The second-order valence-corrected chi connectivity index (χ2v) is 3.77. The van der Waals surface area contributed by atoms with Crippen LogP contribution in [0.15, 0.2) is 30.3 Å². The van der Waals surface area contributed by atoms with Gasteiger partial charge in [-0.3, -0.25) is 0 Å². The van der Waals surface area contributed by atoms with Gasteiger partial charge in [0.05, 0.1) is 0 Å². The number of piperidine rings is 1. The van der Waals surface area contributed by atoms with Crippen LogP contribution in [0.4, 0.5) is 0 Å². The zero-order chi connectivity index (χ0) is 9.64. The highest BCUT2D eigenvalue weighted by atomic mass is 16.5. The summed E-state index contributed by atoms with van der Waals surface area (Å²) in [6.45, 7) is 1.94. The van der Waals surface area contributed by atoms with E-state index >= 15 is 0 Å². The summed E-state index contributed by atoms with van der Waals surface area (Å²) in [7, 11) is 0. The van der Waals surface area contributed by atoms with Gasteiger partial charge in [0.15, 0.2) is 0 Å². The highest BCUT2D eigenvalue weighted by molar-refractivity contribution is 5.20. The molecule has 2 heteroatoms. The van der Waals surface area contributed by atoms with Crippen molar-refractivity contribution in [2.75, 3.05) is 13.2 Å². The number of nitrogens with one attached hydrogen (secondary N) is 1. The van der Waals surface area contributed by atoms with Gasteiger partial charge >= 0.3 is 0 Å². The fourth-order valence-electron chi connectivity index (χ4n) is 1.78. The highest BCUT2D eigenvalue weighted by Crippen LogP contribution is 2.11. The van der Waals surface area contributed by atoms with Gasteiger partial charge in [-0.15, -0.1) is 0 Å². The largest absolute Gasteiger partial charge is 0.492 e. The van der Waals surface area contributed by atoms with E-state index in [9.17, 15) is 0 Å². The van der Waals surface area contributed by atoms with Gasteiger partial charge in [-0.25, -0.2) is 0 Å². The van der Waals surface area contributed by atoms with Gasteiger partial charge in [-0.2, -0.15) is 0 Å². The lowest BCUT2D eigenvalue weighted by molar-refractivity contribution is 0.239. The zero-order valence-electron chi connectivity index (χ0n) is 8.41. The molecule has 1 fully saturated rings. The minimum Gasteiger partial charge on any atom is -0.492 e. The van der Waals surface area contributed by atoms with Crippen molar-refractivity contribution >= 4 is 0 Å². The Morgan fingerprint density at radius 1 is 1.21 bits per heavy atom. The van der Waals surface area contributed by atoms with Crippen LogP contribution < -0.4 is 10.1 Å². The number of ether oxygens (including phenoxy) is 1. The Bertz CT molecular complexity index is 254. The number of benzene rings is 1. The molecule has 1 atom stereocenters. The first kappa shape index (κ1) is 9.53. The van der Waals surface area contributed by atoms with E-state index in [-0.39, 0.29) is 0 Å². The third kappa shape index (κ3) is 2.74. The minimum absolute atomic E-state index is 0.545. The van der Waals surface area contributed by atoms with E-state index in [2.05, 4.69) is 5.32 Å². The van der Waals surface area contributed by atoms with Crippen molar-refractivity contribution in [3.05, 3.63) is 30.3 Å². The first-order valence-corrected chi connectivity index (χ1v) is 5.36. The Morgan fingerprint density at radius 3 is 2.79 bits per heavy atom. The summed E-state index contributed by atoms with van der Waals surface area (Å²) in [5, 5.41) is 3.46. The van der Waals surface area contributed by atoms with E-state index in [1.165, 1.54) is 19.3 Å². The predicted molar refractivity (Wildman–Crippen MR) is 57.6 cm³/mol. The average molecular weight is 191 g/mol.